The highest BCUT2D eigenvalue weighted by atomic mass is 35.5. The molecule has 4 heterocycles. The van der Waals surface area contributed by atoms with E-state index in [1.807, 2.05) is 0 Å². The molecule has 4 aromatic rings. The van der Waals surface area contributed by atoms with Crippen LogP contribution in [0.15, 0.2) is 30.5 Å². The molecule has 1 aromatic carbocycles. The first-order chi connectivity index (χ1) is 19.4. The first-order valence-corrected chi connectivity index (χ1v) is 12.6. The molecule has 0 saturated carbocycles. The molecule has 1 aliphatic rings. The minimum absolute atomic E-state index is 0.107. The third-order valence-electron chi connectivity index (χ3n) is 6.81. The Morgan fingerprint density at radius 3 is 2.31 bits per heavy atom. The molecule has 0 spiro atoms. The molecule has 1 aliphatic heterocycles. The number of nitrogens with zero attached hydrogens (tertiary/aromatic N) is 5. The number of pyridine rings is 1. The van der Waals surface area contributed by atoms with Crippen molar-refractivity contribution in [2.75, 3.05) is 23.3 Å². The maximum atomic E-state index is 14.0. The monoisotopic (exact) mass is 622 g/mol. The molecular weight excluding hydrogens is 604 g/mol. The van der Waals surface area contributed by atoms with E-state index >= 15 is 0 Å². The van der Waals surface area contributed by atoms with E-state index in [9.17, 15) is 45.0 Å². The Bertz CT molecular complexity index is 1690. The van der Waals surface area contributed by atoms with E-state index in [0.29, 0.717) is 12.3 Å². The van der Waals surface area contributed by atoms with Gasteiger partial charge in [0.05, 0.1) is 22.8 Å². The van der Waals surface area contributed by atoms with Crippen LogP contribution < -0.4 is 10.2 Å². The predicted molar refractivity (Wildman–Crippen MR) is 135 cm³/mol. The van der Waals surface area contributed by atoms with Gasteiger partial charge in [0.1, 0.15) is 10.8 Å². The highest BCUT2D eigenvalue weighted by molar-refractivity contribution is 6.29. The lowest BCUT2D eigenvalue weighted by Crippen LogP contribution is -2.40. The van der Waals surface area contributed by atoms with Gasteiger partial charge in [-0.25, -0.2) is 28.5 Å². The number of halogens is 9. The van der Waals surface area contributed by atoms with Gasteiger partial charge >= 0.3 is 18.3 Å². The van der Waals surface area contributed by atoms with Crippen LogP contribution in [0.5, 0.6) is 0 Å². The van der Waals surface area contributed by atoms with Crippen LogP contribution in [-0.4, -0.2) is 49.4 Å². The summed E-state index contributed by atoms with van der Waals surface area (Å²) in [6.45, 7) is 0.805. The number of piperidine rings is 1. The molecule has 2 N–H and O–H groups in total. The van der Waals surface area contributed by atoms with Gasteiger partial charge in [-0.1, -0.05) is 11.6 Å². The average Bonchev–Trinajstić information content (AvgIpc) is 3.35. The van der Waals surface area contributed by atoms with E-state index in [4.69, 9.17) is 11.6 Å². The zero-order chi connectivity index (χ0) is 30.8. The summed E-state index contributed by atoms with van der Waals surface area (Å²) in [7, 11) is 0. The Morgan fingerprint density at radius 2 is 1.71 bits per heavy atom. The van der Waals surface area contributed by atoms with Gasteiger partial charge in [0.15, 0.2) is 11.4 Å². The SMILES string of the molecule is CC(Nc1ccc(Cl)nc1C(=O)O)c1cc(C(F)(F)F)cc2c1nc(N1CCC(F)(F)CC1)n1cc(C(F)(F)F)nc21. The minimum Gasteiger partial charge on any atom is -0.476 e. The molecular formula is C25H19ClF8N6O2. The van der Waals surface area contributed by atoms with E-state index in [0.717, 1.165) is 10.5 Å². The summed E-state index contributed by atoms with van der Waals surface area (Å²) >= 11 is 5.78. The fourth-order valence-corrected chi connectivity index (χ4v) is 4.89. The van der Waals surface area contributed by atoms with Crippen LogP contribution in [0.1, 0.15) is 53.1 Å². The van der Waals surface area contributed by atoms with E-state index in [2.05, 4.69) is 20.3 Å². The van der Waals surface area contributed by atoms with Gasteiger partial charge in [0.2, 0.25) is 5.95 Å². The topological polar surface area (TPSA) is 95.6 Å². The third kappa shape index (κ3) is 5.58. The highest BCUT2D eigenvalue weighted by Gasteiger charge is 2.39. The number of nitrogens with one attached hydrogen (secondary N) is 1. The Hall–Kier alpha value is -3.95. The molecule has 0 aliphatic carbocycles. The van der Waals surface area contributed by atoms with E-state index in [1.54, 1.807) is 0 Å². The number of carboxylic acids is 1. The van der Waals surface area contributed by atoms with Crippen molar-refractivity contribution in [1.29, 1.82) is 0 Å². The number of aromatic nitrogens is 4. The van der Waals surface area contributed by atoms with Crippen molar-refractivity contribution in [1.82, 2.24) is 19.4 Å². The molecule has 3 aromatic heterocycles. The summed E-state index contributed by atoms with van der Waals surface area (Å²) in [4.78, 5) is 24.7. The number of carbonyl (C=O) groups is 1. The summed E-state index contributed by atoms with van der Waals surface area (Å²) in [6.07, 6.45) is -10.6. The third-order valence-corrected chi connectivity index (χ3v) is 7.02. The number of hydrogen-bond donors (Lipinski definition) is 2. The lowest BCUT2D eigenvalue weighted by Gasteiger charge is -2.33. The van der Waals surface area contributed by atoms with Gasteiger partial charge in [-0.2, -0.15) is 26.3 Å². The number of rotatable bonds is 5. The van der Waals surface area contributed by atoms with Crippen molar-refractivity contribution >= 4 is 45.8 Å². The number of alkyl halides is 8. The van der Waals surface area contributed by atoms with Crippen molar-refractivity contribution in [2.24, 2.45) is 0 Å². The van der Waals surface area contributed by atoms with Crippen LogP contribution in [0.3, 0.4) is 0 Å². The molecule has 1 unspecified atom stereocenters. The predicted octanol–water partition coefficient (Wildman–Crippen LogP) is 7.08. The summed E-state index contributed by atoms with van der Waals surface area (Å²) < 4.78 is 112. The largest absolute Gasteiger partial charge is 0.476 e. The van der Waals surface area contributed by atoms with Gasteiger partial charge in [-0.05, 0) is 31.2 Å². The lowest BCUT2D eigenvalue weighted by atomic mass is 9.99. The van der Waals surface area contributed by atoms with Crippen molar-refractivity contribution in [3.05, 3.63) is 58.1 Å². The zero-order valence-electron chi connectivity index (χ0n) is 21.3. The van der Waals surface area contributed by atoms with Gasteiger partial charge in [0.25, 0.3) is 5.92 Å². The molecule has 1 atom stereocenters. The van der Waals surface area contributed by atoms with Crippen LogP contribution in [0.2, 0.25) is 5.15 Å². The molecule has 0 bridgehead atoms. The zero-order valence-corrected chi connectivity index (χ0v) is 22.0. The van der Waals surface area contributed by atoms with Crippen molar-refractivity contribution in [2.45, 2.75) is 44.1 Å². The lowest BCUT2D eigenvalue weighted by molar-refractivity contribution is -0.141. The number of anilines is 2. The summed E-state index contributed by atoms with van der Waals surface area (Å²) in [5.41, 5.74) is -4.15. The van der Waals surface area contributed by atoms with Crippen molar-refractivity contribution < 1.29 is 45.0 Å². The van der Waals surface area contributed by atoms with Crippen LogP contribution in [0.4, 0.5) is 46.8 Å². The number of carboxylic acid groups (broad SMARTS) is 1. The van der Waals surface area contributed by atoms with Gasteiger partial charge < -0.3 is 15.3 Å². The highest BCUT2D eigenvalue weighted by Crippen LogP contribution is 2.40. The van der Waals surface area contributed by atoms with E-state index in [-0.39, 0.29) is 46.3 Å². The van der Waals surface area contributed by atoms with Crippen LogP contribution in [-0.2, 0) is 12.4 Å². The first-order valence-electron chi connectivity index (χ1n) is 12.2. The Morgan fingerprint density at radius 1 is 1.05 bits per heavy atom. The average molecular weight is 623 g/mol. The van der Waals surface area contributed by atoms with E-state index in [1.165, 1.54) is 24.0 Å². The number of imidazole rings is 1. The quantitative estimate of drug-likeness (QED) is 0.181. The maximum absolute atomic E-state index is 14.0. The fourth-order valence-electron chi connectivity index (χ4n) is 4.74. The molecule has 1 saturated heterocycles. The molecule has 224 valence electrons. The summed E-state index contributed by atoms with van der Waals surface area (Å²) in [5, 5.41) is 11.7. The second-order valence-corrected chi connectivity index (χ2v) is 10.1. The van der Waals surface area contributed by atoms with Crippen LogP contribution in [0.25, 0.3) is 16.6 Å². The van der Waals surface area contributed by atoms with Gasteiger partial charge in [-0.15, -0.1) is 0 Å². The molecule has 42 heavy (non-hydrogen) atoms. The number of benzene rings is 1. The second-order valence-electron chi connectivity index (χ2n) is 9.73. The Balaban J connectivity index is 1.76. The molecule has 0 amide bonds. The fraction of sp³-hybridized carbons (Fsp3) is 0.360. The summed E-state index contributed by atoms with van der Waals surface area (Å²) in [5.74, 6) is -4.70. The molecule has 5 rings (SSSR count). The Labute approximate surface area is 235 Å². The van der Waals surface area contributed by atoms with Crippen LogP contribution >= 0.6 is 11.6 Å². The van der Waals surface area contributed by atoms with Crippen molar-refractivity contribution in [3.63, 3.8) is 0 Å². The minimum atomic E-state index is -4.97. The second kappa shape index (κ2) is 10.1. The normalized spacial score (nSPS) is 16.7. The van der Waals surface area contributed by atoms with Crippen LogP contribution in [0, 0.1) is 0 Å². The van der Waals surface area contributed by atoms with Crippen molar-refractivity contribution in [3.8, 4) is 0 Å². The number of hydrogen-bond acceptors (Lipinski definition) is 6. The van der Waals surface area contributed by atoms with Gasteiger partial charge in [-0.3, -0.25) is 4.40 Å². The smallest absolute Gasteiger partial charge is 0.434 e. The Kier molecular flexibility index (Phi) is 7.10. The number of aromatic carboxylic acids is 1. The molecule has 8 nitrogen and oxygen atoms in total. The summed E-state index contributed by atoms with van der Waals surface area (Å²) in [6, 6.07) is 2.72. The molecule has 17 heteroatoms. The standard InChI is InChI=1S/C25H19ClF8N6O2/c1-11(35-15-2-3-17(26)37-19(15)21(41)42)13-8-12(24(29,30)31)9-14-18(13)38-22(39-6-4-23(27,28)5-7-39)40-10-16(25(32,33)34)36-20(14)40/h2-3,8-11,35H,4-7H2,1H3,(H,41,42). The number of fused-ring (bicyclic) bond motifs is 3. The maximum Gasteiger partial charge on any atom is 0.434 e. The van der Waals surface area contributed by atoms with E-state index < -0.39 is 65.7 Å². The molecule has 1 fully saturated rings. The van der Waals surface area contributed by atoms with Gasteiger partial charge in [0, 0.05) is 43.1 Å². The first kappa shape index (κ1) is 29.5. The molecule has 0 radical (unpaired) electrons.